The van der Waals surface area contributed by atoms with Gasteiger partial charge in [-0.05, 0) is 30.3 Å². The molecule has 0 saturated heterocycles. The van der Waals surface area contributed by atoms with Crippen molar-refractivity contribution in [2.24, 2.45) is 0 Å². The highest BCUT2D eigenvalue weighted by atomic mass is 19.4. The number of anilines is 4. The maximum absolute atomic E-state index is 13.9. The Morgan fingerprint density at radius 2 is 1.48 bits per heavy atom. The lowest BCUT2D eigenvalue weighted by Crippen LogP contribution is -2.38. The van der Waals surface area contributed by atoms with E-state index in [4.69, 9.17) is 0 Å². The molecule has 3 aromatic rings. The van der Waals surface area contributed by atoms with E-state index in [0.717, 1.165) is 0 Å². The van der Waals surface area contributed by atoms with Crippen LogP contribution in [-0.2, 0) is 0 Å². The second-order valence-electron chi connectivity index (χ2n) is 5.74. The van der Waals surface area contributed by atoms with E-state index < -0.39 is 6.30 Å². The van der Waals surface area contributed by atoms with Crippen LogP contribution in [0.1, 0.15) is 0 Å². The topological polar surface area (TPSA) is 19.4 Å². The second kappa shape index (κ2) is 5.51. The van der Waals surface area contributed by atoms with Crippen molar-refractivity contribution in [1.82, 2.24) is 4.98 Å². The van der Waals surface area contributed by atoms with Gasteiger partial charge in [-0.1, -0.05) is 30.3 Å². The summed E-state index contributed by atoms with van der Waals surface area (Å²) in [4.78, 5) is 6.53. The van der Waals surface area contributed by atoms with Crippen LogP contribution in [-0.4, -0.2) is 18.3 Å². The Labute approximate surface area is 143 Å². The fraction of sp³-hybridized carbons (Fsp3) is 0.105. The molecule has 1 aliphatic rings. The Hall–Kier alpha value is -3.02. The van der Waals surface area contributed by atoms with Crippen LogP contribution in [0.3, 0.4) is 0 Å². The fourth-order valence-corrected chi connectivity index (χ4v) is 3.25. The Kier molecular flexibility index (Phi) is 3.42. The average molecular weight is 341 g/mol. The first-order valence-corrected chi connectivity index (χ1v) is 7.72. The maximum atomic E-state index is 13.9. The van der Waals surface area contributed by atoms with E-state index >= 15 is 0 Å². The molecule has 0 spiro atoms. The van der Waals surface area contributed by atoms with Gasteiger partial charge in [-0.15, -0.1) is 13.2 Å². The van der Waals surface area contributed by atoms with E-state index in [2.05, 4.69) is 4.98 Å². The number of nitrogens with zero attached hydrogens (tertiary/aromatic N) is 3. The molecule has 0 aliphatic carbocycles. The molecule has 0 N–H and O–H groups in total. The predicted molar refractivity (Wildman–Crippen MR) is 92.4 cm³/mol. The Morgan fingerprint density at radius 1 is 0.800 bits per heavy atom. The van der Waals surface area contributed by atoms with Gasteiger partial charge in [-0.3, -0.25) is 4.98 Å². The molecule has 0 bridgehead atoms. The number of benzene rings is 2. The summed E-state index contributed by atoms with van der Waals surface area (Å²) >= 11 is 0. The van der Waals surface area contributed by atoms with Gasteiger partial charge in [0.1, 0.15) is 0 Å². The van der Waals surface area contributed by atoms with Gasteiger partial charge in [-0.25, -0.2) is 4.90 Å². The Bertz CT molecular complexity index is 923. The number of alkyl halides is 3. The van der Waals surface area contributed by atoms with Crippen LogP contribution in [0.5, 0.6) is 0 Å². The van der Waals surface area contributed by atoms with Crippen molar-refractivity contribution in [2.45, 2.75) is 6.30 Å². The first-order chi connectivity index (χ1) is 12.0. The number of fused-ring (bicyclic) bond motifs is 2. The highest BCUT2D eigenvalue weighted by Gasteiger charge is 2.44. The third-order valence-corrected chi connectivity index (χ3v) is 4.27. The molecule has 0 atom stereocenters. The minimum Gasteiger partial charge on any atom is -0.341 e. The number of rotatable bonds is 1. The van der Waals surface area contributed by atoms with Crippen molar-refractivity contribution in [1.29, 1.82) is 0 Å². The van der Waals surface area contributed by atoms with Crippen LogP contribution >= 0.6 is 0 Å². The van der Waals surface area contributed by atoms with Crippen molar-refractivity contribution < 1.29 is 13.2 Å². The zero-order valence-corrected chi connectivity index (χ0v) is 13.3. The summed E-state index contributed by atoms with van der Waals surface area (Å²) in [6, 6.07) is 16.8. The first kappa shape index (κ1) is 15.5. The van der Waals surface area contributed by atoms with E-state index in [9.17, 15) is 13.2 Å². The zero-order valence-electron chi connectivity index (χ0n) is 13.3. The molecule has 0 radical (unpaired) electrons. The van der Waals surface area contributed by atoms with E-state index in [1.807, 2.05) is 6.07 Å². The predicted octanol–water partition coefficient (Wildman–Crippen LogP) is 5.49. The monoisotopic (exact) mass is 341 g/mol. The summed E-state index contributed by atoms with van der Waals surface area (Å²) in [6.45, 7) is 0. The SMILES string of the molecule is CN1c2ccccc2N(C(F)(F)F)c2cccc(-c3ccccn3)c21. The highest BCUT2D eigenvalue weighted by molar-refractivity contribution is 5.99. The van der Waals surface area contributed by atoms with Gasteiger partial charge in [0.25, 0.3) is 0 Å². The lowest BCUT2D eigenvalue weighted by atomic mass is 10.0. The molecule has 6 heteroatoms. The number of hydrogen-bond donors (Lipinski definition) is 0. The number of halogens is 3. The molecular formula is C19H14F3N3. The second-order valence-corrected chi connectivity index (χ2v) is 5.74. The molecule has 3 nitrogen and oxygen atoms in total. The molecule has 25 heavy (non-hydrogen) atoms. The third kappa shape index (κ3) is 2.41. The van der Waals surface area contributed by atoms with Gasteiger partial charge in [-0.2, -0.15) is 0 Å². The maximum Gasteiger partial charge on any atom is 0.489 e. The average Bonchev–Trinajstić information content (AvgIpc) is 2.61. The Morgan fingerprint density at radius 3 is 2.16 bits per heavy atom. The molecule has 0 amide bonds. The van der Waals surface area contributed by atoms with Gasteiger partial charge in [0.15, 0.2) is 0 Å². The summed E-state index contributed by atoms with van der Waals surface area (Å²) in [5.74, 6) is 0. The molecular weight excluding hydrogens is 327 g/mol. The lowest BCUT2D eigenvalue weighted by molar-refractivity contribution is -0.120. The molecule has 0 unspecified atom stereocenters. The van der Waals surface area contributed by atoms with Crippen molar-refractivity contribution in [3.8, 4) is 11.3 Å². The van der Waals surface area contributed by atoms with Crippen LogP contribution in [0, 0.1) is 0 Å². The van der Waals surface area contributed by atoms with Gasteiger partial charge in [0, 0.05) is 18.8 Å². The number of aromatic nitrogens is 1. The number of para-hydroxylation sites is 3. The van der Waals surface area contributed by atoms with Crippen molar-refractivity contribution in [3.05, 3.63) is 66.9 Å². The third-order valence-electron chi connectivity index (χ3n) is 4.27. The Balaban J connectivity index is 2.02. The van der Waals surface area contributed by atoms with Crippen LogP contribution in [0.15, 0.2) is 66.9 Å². The van der Waals surface area contributed by atoms with Gasteiger partial charge >= 0.3 is 6.30 Å². The minimum atomic E-state index is -4.53. The zero-order chi connectivity index (χ0) is 17.6. The normalized spacial score (nSPS) is 13.4. The van der Waals surface area contributed by atoms with E-state index in [1.54, 1.807) is 60.6 Å². The molecule has 0 saturated carbocycles. The van der Waals surface area contributed by atoms with Gasteiger partial charge in [0.2, 0.25) is 0 Å². The standard InChI is InChI=1S/C19H14F3N3/c1-24-15-9-2-3-10-16(15)25(19(20,21)22)17-11-6-7-13(18(17)24)14-8-4-5-12-23-14/h2-12H,1H3. The minimum absolute atomic E-state index is 0.0943. The molecule has 1 aliphatic heterocycles. The summed E-state index contributed by atoms with van der Waals surface area (Å²) in [6.07, 6.45) is -2.90. The molecule has 2 aromatic carbocycles. The summed E-state index contributed by atoms with van der Waals surface area (Å²) in [5, 5.41) is 0. The van der Waals surface area contributed by atoms with Gasteiger partial charge in [0.05, 0.1) is 28.4 Å². The number of pyridine rings is 1. The molecule has 4 rings (SSSR count). The fourth-order valence-electron chi connectivity index (χ4n) is 3.25. The molecule has 126 valence electrons. The largest absolute Gasteiger partial charge is 0.489 e. The van der Waals surface area contributed by atoms with Crippen LogP contribution in [0.4, 0.5) is 35.9 Å². The van der Waals surface area contributed by atoms with Crippen LogP contribution in [0.2, 0.25) is 0 Å². The van der Waals surface area contributed by atoms with Crippen molar-refractivity contribution in [3.63, 3.8) is 0 Å². The summed E-state index contributed by atoms with van der Waals surface area (Å²) < 4.78 is 41.6. The summed E-state index contributed by atoms with van der Waals surface area (Å²) in [7, 11) is 1.78. The first-order valence-electron chi connectivity index (χ1n) is 7.72. The number of hydrogen-bond acceptors (Lipinski definition) is 3. The van der Waals surface area contributed by atoms with Crippen LogP contribution < -0.4 is 9.80 Å². The van der Waals surface area contributed by atoms with E-state index in [1.165, 1.54) is 12.1 Å². The highest BCUT2D eigenvalue weighted by Crippen LogP contribution is 2.53. The van der Waals surface area contributed by atoms with E-state index in [0.29, 0.717) is 27.5 Å². The smallest absolute Gasteiger partial charge is 0.341 e. The van der Waals surface area contributed by atoms with E-state index in [-0.39, 0.29) is 11.4 Å². The summed E-state index contributed by atoms with van der Waals surface area (Å²) in [5.41, 5.74) is 2.48. The van der Waals surface area contributed by atoms with Gasteiger partial charge < -0.3 is 4.90 Å². The molecule has 0 fully saturated rings. The quantitative estimate of drug-likeness (QED) is 0.546. The van der Waals surface area contributed by atoms with Crippen molar-refractivity contribution in [2.75, 3.05) is 16.8 Å². The lowest BCUT2D eigenvalue weighted by Gasteiger charge is -2.40. The molecule has 1 aromatic heterocycles. The van der Waals surface area contributed by atoms with Crippen molar-refractivity contribution >= 4 is 22.7 Å². The molecule has 2 heterocycles. The van der Waals surface area contributed by atoms with Crippen LogP contribution in [0.25, 0.3) is 11.3 Å².